The first-order valence-corrected chi connectivity index (χ1v) is 7.63. The van der Waals surface area contributed by atoms with Crippen molar-refractivity contribution in [3.05, 3.63) is 41.7 Å². The van der Waals surface area contributed by atoms with Gasteiger partial charge in [-0.25, -0.2) is 0 Å². The predicted molar refractivity (Wildman–Crippen MR) is 84.6 cm³/mol. The van der Waals surface area contributed by atoms with Crippen LogP contribution in [0.1, 0.15) is 29.0 Å². The van der Waals surface area contributed by atoms with Crippen molar-refractivity contribution in [3.8, 4) is 11.3 Å². The number of carbonyl (C=O) groups excluding carboxylic acids is 1. The van der Waals surface area contributed by atoms with Crippen LogP contribution in [-0.4, -0.2) is 40.9 Å². The lowest BCUT2D eigenvalue weighted by atomic mass is 9.94. The average molecular weight is 330 g/mol. The number of aliphatic carboxylic acids is 1. The highest BCUT2D eigenvalue weighted by Gasteiger charge is 2.39. The predicted octanol–water partition coefficient (Wildman–Crippen LogP) is 2.01. The summed E-state index contributed by atoms with van der Waals surface area (Å²) in [5.41, 5.74) is 1.61. The Kier molecular flexibility index (Phi) is 4.35. The van der Waals surface area contributed by atoms with Gasteiger partial charge in [-0.2, -0.15) is 0 Å². The molecule has 1 aliphatic rings. The van der Waals surface area contributed by atoms with Crippen LogP contribution in [0.3, 0.4) is 0 Å². The van der Waals surface area contributed by atoms with Crippen LogP contribution in [0.2, 0.25) is 0 Å². The molecule has 1 amide bonds. The molecule has 7 nitrogen and oxygen atoms in total. The number of nitrogens with one attached hydrogen (secondary N) is 1. The van der Waals surface area contributed by atoms with Crippen LogP contribution in [0.15, 0.2) is 34.9 Å². The molecule has 0 spiro atoms. The molecule has 2 aromatic rings. The molecule has 1 aromatic heterocycles. The number of nitrogens with zero attached hydrogens (tertiary/aromatic N) is 1. The first kappa shape index (κ1) is 16.2. The summed E-state index contributed by atoms with van der Waals surface area (Å²) in [5, 5.41) is 15.7. The molecule has 0 aliphatic carbocycles. The summed E-state index contributed by atoms with van der Waals surface area (Å²) in [5.74, 6) is -1.44. The fourth-order valence-corrected chi connectivity index (χ4v) is 2.72. The summed E-state index contributed by atoms with van der Waals surface area (Å²) in [4.78, 5) is 23.4. The summed E-state index contributed by atoms with van der Waals surface area (Å²) in [6, 6.07) is 9.23. The Hall–Kier alpha value is -2.67. The highest BCUT2D eigenvalue weighted by Crippen LogP contribution is 2.24. The van der Waals surface area contributed by atoms with Gasteiger partial charge in [0.2, 0.25) is 5.76 Å². The van der Waals surface area contributed by atoms with Crippen molar-refractivity contribution >= 4 is 11.9 Å². The number of carbonyl (C=O) groups is 2. The number of amides is 1. The molecular formula is C17H18N2O5. The smallest absolute Gasteiger partial charge is 0.305 e. The number of ether oxygens (including phenoxy) is 1. The third kappa shape index (κ3) is 3.46. The summed E-state index contributed by atoms with van der Waals surface area (Å²) >= 11 is 0. The molecule has 2 heterocycles. The molecule has 1 fully saturated rings. The van der Waals surface area contributed by atoms with E-state index < -0.39 is 17.4 Å². The molecule has 0 radical (unpaired) electrons. The molecule has 0 bridgehead atoms. The SMILES string of the molecule is Cc1ccc(-c2cc(C(=O)NC3(CC(=O)O)CCOC3)on2)cc1. The van der Waals surface area contributed by atoms with Crippen molar-refractivity contribution in [2.24, 2.45) is 0 Å². The number of aryl methyl sites for hydroxylation is 1. The topological polar surface area (TPSA) is 102 Å². The molecular weight excluding hydrogens is 312 g/mol. The Morgan fingerprint density at radius 3 is 2.71 bits per heavy atom. The third-order valence-electron chi connectivity index (χ3n) is 4.05. The van der Waals surface area contributed by atoms with Crippen LogP contribution in [-0.2, 0) is 9.53 Å². The maximum Gasteiger partial charge on any atom is 0.305 e. The molecule has 1 unspecified atom stereocenters. The van der Waals surface area contributed by atoms with E-state index in [-0.39, 0.29) is 18.8 Å². The minimum absolute atomic E-state index is 0.0437. The highest BCUT2D eigenvalue weighted by atomic mass is 16.5. The van der Waals surface area contributed by atoms with Crippen LogP contribution in [0.25, 0.3) is 11.3 Å². The Bertz CT molecular complexity index is 745. The molecule has 1 saturated heterocycles. The van der Waals surface area contributed by atoms with Crippen molar-refractivity contribution in [1.82, 2.24) is 10.5 Å². The number of hydrogen-bond donors (Lipinski definition) is 2. The lowest BCUT2D eigenvalue weighted by Crippen LogP contribution is -2.50. The number of aromatic nitrogens is 1. The zero-order valence-electron chi connectivity index (χ0n) is 13.2. The highest BCUT2D eigenvalue weighted by molar-refractivity contribution is 5.93. The van der Waals surface area contributed by atoms with Crippen molar-refractivity contribution in [1.29, 1.82) is 0 Å². The van der Waals surface area contributed by atoms with Gasteiger partial charge in [0.25, 0.3) is 5.91 Å². The van der Waals surface area contributed by atoms with E-state index in [1.165, 1.54) is 0 Å². The summed E-state index contributed by atoms with van der Waals surface area (Å²) in [6.07, 6.45) is 0.252. The van der Waals surface area contributed by atoms with Gasteiger partial charge < -0.3 is 19.7 Å². The molecule has 2 N–H and O–H groups in total. The Morgan fingerprint density at radius 2 is 2.08 bits per heavy atom. The number of carboxylic acid groups (broad SMARTS) is 1. The first-order valence-electron chi connectivity index (χ1n) is 7.63. The van der Waals surface area contributed by atoms with E-state index in [9.17, 15) is 9.59 Å². The number of hydrogen-bond acceptors (Lipinski definition) is 5. The summed E-state index contributed by atoms with van der Waals surface area (Å²) < 4.78 is 10.4. The van der Waals surface area contributed by atoms with Crippen molar-refractivity contribution in [2.45, 2.75) is 25.3 Å². The normalized spacial score (nSPS) is 20.0. The van der Waals surface area contributed by atoms with Gasteiger partial charge in [0.15, 0.2) is 0 Å². The number of rotatable bonds is 5. The molecule has 24 heavy (non-hydrogen) atoms. The van der Waals surface area contributed by atoms with Gasteiger partial charge in [-0.15, -0.1) is 0 Å². The van der Waals surface area contributed by atoms with E-state index in [1.54, 1.807) is 6.07 Å². The Morgan fingerprint density at radius 1 is 1.33 bits per heavy atom. The largest absolute Gasteiger partial charge is 0.481 e. The Labute approximate surface area is 138 Å². The second-order valence-corrected chi connectivity index (χ2v) is 6.05. The van der Waals surface area contributed by atoms with E-state index in [0.717, 1.165) is 11.1 Å². The maximum absolute atomic E-state index is 12.4. The number of benzene rings is 1. The standard InChI is InChI=1S/C17H18N2O5/c1-11-2-4-12(5-3-11)13-8-14(24-19-13)16(22)18-17(9-15(20)21)6-7-23-10-17/h2-5,8H,6-7,9-10H2,1H3,(H,18,22)(H,20,21). The quantitative estimate of drug-likeness (QED) is 0.869. The zero-order valence-corrected chi connectivity index (χ0v) is 13.2. The fourth-order valence-electron chi connectivity index (χ4n) is 2.72. The van der Waals surface area contributed by atoms with Crippen molar-refractivity contribution < 1.29 is 24.0 Å². The van der Waals surface area contributed by atoms with Gasteiger partial charge in [0.05, 0.1) is 18.6 Å². The van der Waals surface area contributed by atoms with Gasteiger partial charge in [-0.3, -0.25) is 9.59 Å². The maximum atomic E-state index is 12.4. The minimum atomic E-state index is -0.987. The second kappa shape index (κ2) is 6.45. The number of carboxylic acids is 1. The van der Waals surface area contributed by atoms with Gasteiger partial charge >= 0.3 is 5.97 Å². The zero-order chi connectivity index (χ0) is 17.2. The lowest BCUT2D eigenvalue weighted by molar-refractivity contribution is -0.138. The van der Waals surface area contributed by atoms with Crippen molar-refractivity contribution in [2.75, 3.05) is 13.2 Å². The van der Waals surface area contributed by atoms with E-state index in [4.69, 9.17) is 14.4 Å². The molecule has 1 aromatic carbocycles. The van der Waals surface area contributed by atoms with Gasteiger partial charge in [-0.1, -0.05) is 35.0 Å². The van der Waals surface area contributed by atoms with Crippen LogP contribution in [0.4, 0.5) is 0 Å². The minimum Gasteiger partial charge on any atom is -0.481 e. The molecule has 0 saturated carbocycles. The molecule has 3 rings (SSSR count). The monoisotopic (exact) mass is 330 g/mol. The molecule has 7 heteroatoms. The van der Waals surface area contributed by atoms with Crippen LogP contribution in [0.5, 0.6) is 0 Å². The molecule has 1 aliphatic heterocycles. The Balaban J connectivity index is 1.75. The van der Waals surface area contributed by atoms with Gasteiger partial charge in [0, 0.05) is 18.2 Å². The first-order chi connectivity index (χ1) is 11.5. The summed E-state index contributed by atoms with van der Waals surface area (Å²) in [7, 11) is 0. The van der Waals surface area contributed by atoms with Gasteiger partial charge in [0.1, 0.15) is 5.69 Å². The van der Waals surface area contributed by atoms with Crippen molar-refractivity contribution in [3.63, 3.8) is 0 Å². The third-order valence-corrected chi connectivity index (χ3v) is 4.05. The van der Waals surface area contributed by atoms with E-state index >= 15 is 0 Å². The van der Waals surface area contributed by atoms with E-state index in [0.29, 0.717) is 18.7 Å². The molecule has 126 valence electrons. The van der Waals surface area contributed by atoms with E-state index in [1.807, 2.05) is 31.2 Å². The van der Waals surface area contributed by atoms with E-state index in [2.05, 4.69) is 10.5 Å². The fraction of sp³-hybridized carbons (Fsp3) is 0.353. The molecule has 1 atom stereocenters. The summed E-state index contributed by atoms with van der Waals surface area (Å²) in [6.45, 7) is 2.57. The van der Waals surface area contributed by atoms with Crippen LogP contribution >= 0.6 is 0 Å². The second-order valence-electron chi connectivity index (χ2n) is 6.05. The lowest BCUT2D eigenvalue weighted by Gasteiger charge is -2.26. The van der Waals surface area contributed by atoms with Gasteiger partial charge in [-0.05, 0) is 13.3 Å². The average Bonchev–Trinajstić information content (AvgIpc) is 3.17. The van der Waals surface area contributed by atoms with Crippen LogP contribution < -0.4 is 5.32 Å². The van der Waals surface area contributed by atoms with Crippen LogP contribution in [0, 0.1) is 6.92 Å².